The summed E-state index contributed by atoms with van der Waals surface area (Å²) in [6, 6.07) is 7.84. The standard InChI is InChI=1S/C24H32N4O4/c1-15-22(16(2)32-26-15)23(29)25-18-13-20(17-5-7-19(31-4)8-6-17)21(14-18)24(30)28-11-9-27(3)10-12-28/h5-8,18,20-21H,9-14H2,1-4H3,(H,25,29)/t18-,20+,21-/m0/s1. The van der Waals surface area contributed by atoms with Crippen molar-refractivity contribution in [2.75, 3.05) is 40.3 Å². The lowest BCUT2D eigenvalue weighted by Crippen LogP contribution is -2.49. The largest absolute Gasteiger partial charge is 0.497 e. The monoisotopic (exact) mass is 440 g/mol. The van der Waals surface area contributed by atoms with Crippen molar-refractivity contribution >= 4 is 11.8 Å². The van der Waals surface area contributed by atoms with Crippen molar-refractivity contribution in [3.05, 3.63) is 46.8 Å². The molecular weight excluding hydrogens is 408 g/mol. The predicted octanol–water partition coefficient (Wildman–Crippen LogP) is 2.37. The molecule has 2 heterocycles. The second-order valence-corrected chi connectivity index (χ2v) is 8.96. The molecule has 1 saturated carbocycles. The molecule has 0 unspecified atom stereocenters. The highest BCUT2D eigenvalue weighted by Gasteiger charge is 2.42. The van der Waals surface area contributed by atoms with Gasteiger partial charge in [0.1, 0.15) is 17.1 Å². The SMILES string of the molecule is COc1ccc([C@H]2C[C@H](NC(=O)c3c(C)noc3C)C[C@@H]2C(=O)N2CCN(C)CC2)cc1. The summed E-state index contributed by atoms with van der Waals surface area (Å²) in [4.78, 5) is 30.7. The Balaban J connectivity index is 1.54. The predicted molar refractivity (Wildman–Crippen MR) is 120 cm³/mol. The molecule has 2 aliphatic rings. The van der Waals surface area contributed by atoms with E-state index in [9.17, 15) is 9.59 Å². The third-order valence-electron chi connectivity index (χ3n) is 6.83. The number of aromatic nitrogens is 1. The molecule has 1 aliphatic carbocycles. The smallest absolute Gasteiger partial charge is 0.257 e. The molecule has 4 rings (SSSR count). The lowest BCUT2D eigenvalue weighted by molar-refractivity contribution is -0.137. The topological polar surface area (TPSA) is 87.9 Å². The fourth-order valence-electron chi connectivity index (χ4n) is 4.97. The van der Waals surface area contributed by atoms with Crippen LogP contribution in [0.3, 0.4) is 0 Å². The van der Waals surface area contributed by atoms with Crippen molar-refractivity contribution < 1.29 is 18.8 Å². The molecule has 0 radical (unpaired) electrons. The van der Waals surface area contributed by atoms with Gasteiger partial charge < -0.3 is 24.4 Å². The molecule has 0 spiro atoms. The van der Waals surface area contributed by atoms with Crippen molar-refractivity contribution in [2.24, 2.45) is 5.92 Å². The highest BCUT2D eigenvalue weighted by Crippen LogP contribution is 2.41. The molecule has 1 aromatic heterocycles. The van der Waals surface area contributed by atoms with Crippen LogP contribution in [-0.4, -0.2) is 73.1 Å². The number of nitrogens with one attached hydrogen (secondary N) is 1. The number of hydrogen-bond donors (Lipinski definition) is 1. The second-order valence-electron chi connectivity index (χ2n) is 8.96. The van der Waals surface area contributed by atoms with Crippen molar-refractivity contribution in [1.29, 1.82) is 0 Å². The van der Waals surface area contributed by atoms with Gasteiger partial charge in [-0.3, -0.25) is 9.59 Å². The summed E-state index contributed by atoms with van der Waals surface area (Å²) in [5.41, 5.74) is 2.17. The molecule has 2 amide bonds. The van der Waals surface area contributed by atoms with Gasteiger partial charge in [-0.15, -0.1) is 0 Å². The van der Waals surface area contributed by atoms with Crippen LogP contribution in [0.5, 0.6) is 5.75 Å². The molecule has 2 aromatic rings. The molecule has 0 bridgehead atoms. The Labute approximate surface area is 188 Å². The summed E-state index contributed by atoms with van der Waals surface area (Å²) in [6.07, 6.45) is 1.34. The van der Waals surface area contributed by atoms with Crippen molar-refractivity contribution in [1.82, 2.24) is 20.3 Å². The number of aryl methyl sites for hydroxylation is 2. The number of methoxy groups -OCH3 is 1. The molecule has 1 aromatic carbocycles. The van der Waals surface area contributed by atoms with Gasteiger partial charge in [0.05, 0.1) is 12.8 Å². The first-order valence-corrected chi connectivity index (χ1v) is 11.2. The maximum absolute atomic E-state index is 13.5. The lowest BCUT2D eigenvalue weighted by atomic mass is 9.87. The van der Waals surface area contributed by atoms with Gasteiger partial charge in [0.25, 0.3) is 5.91 Å². The van der Waals surface area contributed by atoms with E-state index >= 15 is 0 Å². The maximum atomic E-state index is 13.5. The first kappa shape index (κ1) is 22.3. The maximum Gasteiger partial charge on any atom is 0.257 e. The Hall–Kier alpha value is -2.87. The Morgan fingerprint density at radius 3 is 2.38 bits per heavy atom. The average molecular weight is 441 g/mol. The zero-order chi connectivity index (χ0) is 22.8. The van der Waals surface area contributed by atoms with E-state index < -0.39 is 0 Å². The number of likely N-dealkylation sites (N-methyl/N-ethyl adjacent to an activating group) is 1. The van der Waals surface area contributed by atoms with Crippen LogP contribution in [0.15, 0.2) is 28.8 Å². The minimum Gasteiger partial charge on any atom is -0.497 e. The van der Waals surface area contributed by atoms with Crippen molar-refractivity contribution in [3.8, 4) is 5.75 Å². The van der Waals surface area contributed by atoms with Gasteiger partial charge in [-0.05, 0) is 57.4 Å². The van der Waals surface area contributed by atoms with Crippen LogP contribution in [-0.2, 0) is 4.79 Å². The first-order chi connectivity index (χ1) is 15.4. The molecule has 8 nitrogen and oxygen atoms in total. The average Bonchev–Trinajstić information content (AvgIpc) is 3.36. The van der Waals surface area contributed by atoms with Gasteiger partial charge >= 0.3 is 0 Å². The minimum atomic E-state index is -0.188. The molecule has 8 heteroatoms. The summed E-state index contributed by atoms with van der Waals surface area (Å²) in [5, 5.41) is 7.03. The van der Waals surface area contributed by atoms with Crippen LogP contribution in [0, 0.1) is 19.8 Å². The summed E-state index contributed by atoms with van der Waals surface area (Å²) in [7, 11) is 3.72. The Kier molecular flexibility index (Phi) is 6.50. The number of nitrogens with zero attached hydrogens (tertiary/aromatic N) is 3. The summed E-state index contributed by atoms with van der Waals surface area (Å²) in [6.45, 7) is 6.77. The van der Waals surface area contributed by atoms with E-state index in [0.29, 0.717) is 29.9 Å². The third kappa shape index (κ3) is 4.50. The fourth-order valence-corrected chi connectivity index (χ4v) is 4.97. The fraction of sp³-hybridized carbons (Fsp3) is 0.542. The Bertz CT molecular complexity index is 943. The zero-order valence-corrected chi connectivity index (χ0v) is 19.3. The van der Waals surface area contributed by atoms with E-state index in [1.54, 1.807) is 21.0 Å². The molecule has 2 fully saturated rings. The van der Waals surface area contributed by atoms with Crippen LogP contribution in [0.4, 0.5) is 0 Å². The van der Waals surface area contributed by atoms with E-state index in [0.717, 1.165) is 37.5 Å². The number of rotatable bonds is 5. The summed E-state index contributed by atoms with van der Waals surface area (Å²) < 4.78 is 10.5. The van der Waals surface area contributed by atoms with E-state index in [2.05, 4.69) is 22.4 Å². The third-order valence-corrected chi connectivity index (χ3v) is 6.83. The molecule has 32 heavy (non-hydrogen) atoms. The van der Waals surface area contributed by atoms with E-state index in [1.807, 2.05) is 29.2 Å². The Morgan fingerprint density at radius 2 is 1.78 bits per heavy atom. The van der Waals surface area contributed by atoms with Gasteiger partial charge in [-0.25, -0.2) is 0 Å². The van der Waals surface area contributed by atoms with Crippen molar-refractivity contribution in [2.45, 2.75) is 38.6 Å². The highest BCUT2D eigenvalue weighted by molar-refractivity contribution is 5.96. The lowest BCUT2D eigenvalue weighted by Gasteiger charge is -2.35. The molecule has 3 atom stereocenters. The van der Waals surface area contributed by atoms with Crippen LogP contribution < -0.4 is 10.1 Å². The molecule has 172 valence electrons. The zero-order valence-electron chi connectivity index (χ0n) is 19.3. The Morgan fingerprint density at radius 1 is 1.09 bits per heavy atom. The van der Waals surface area contributed by atoms with E-state index in [4.69, 9.17) is 9.26 Å². The van der Waals surface area contributed by atoms with Crippen LogP contribution in [0.1, 0.15) is 46.1 Å². The number of carbonyl (C=O) groups excluding carboxylic acids is 2. The normalized spacial score (nSPS) is 23.9. The number of hydrogen-bond acceptors (Lipinski definition) is 6. The van der Waals surface area contributed by atoms with E-state index in [-0.39, 0.29) is 29.7 Å². The number of ether oxygens (including phenoxy) is 1. The molecular formula is C24H32N4O4. The first-order valence-electron chi connectivity index (χ1n) is 11.2. The van der Waals surface area contributed by atoms with Crippen LogP contribution >= 0.6 is 0 Å². The number of piperazine rings is 1. The second kappa shape index (κ2) is 9.32. The van der Waals surface area contributed by atoms with Crippen LogP contribution in [0.25, 0.3) is 0 Å². The van der Waals surface area contributed by atoms with Crippen molar-refractivity contribution in [3.63, 3.8) is 0 Å². The number of benzene rings is 1. The van der Waals surface area contributed by atoms with Gasteiger partial charge in [0.2, 0.25) is 5.91 Å². The summed E-state index contributed by atoms with van der Waals surface area (Å²) >= 11 is 0. The number of carbonyl (C=O) groups is 2. The van der Waals surface area contributed by atoms with E-state index in [1.165, 1.54) is 0 Å². The number of amides is 2. The summed E-state index contributed by atoms with van der Waals surface area (Å²) in [5.74, 6) is 1.18. The van der Waals surface area contributed by atoms with Crippen LogP contribution in [0.2, 0.25) is 0 Å². The van der Waals surface area contributed by atoms with Gasteiger partial charge in [-0.2, -0.15) is 0 Å². The van der Waals surface area contributed by atoms with Gasteiger partial charge in [0.15, 0.2) is 0 Å². The quantitative estimate of drug-likeness (QED) is 0.768. The highest BCUT2D eigenvalue weighted by atomic mass is 16.5. The van der Waals surface area contributed by atoms with Gasteiger partial charge in [0, 0.05) is 38.1 Å². The molecule has 1 aliphatic heterocycles. The van der Waals surface area contributed by atoms with Gasteiger partial charge in [-0.1, -0.05) is 17.3 Å². The molecule has 1 saturated heterocycles. The minimum absolute atomic E-state index is 0.0445. The molecule has 1 N–H and O–H groups in total.